The van der Waals surface area contributed by atoms with Gasteiger partial charge < -0.3 is 14.6 Å². The summed E-state index contributed by atoms with van der Waals surface area (Å²) in [6.07, 6.45) is 1.22. The van der Waals surface area contributed by atoms with Crippen molar-refractivity contribution in [3.63, 3.8) is 0 Å². The van der Waals surface area contributed by atoms with E-state index < -0.39 is 15.1 Å². The topological polar surface area (TPSA) is 72.8 Å². The second-order valence-electron chi connectivity index (χ2n) is 4.78. The number of sulfone groups is 1. The minimum absolute atomic E-state index is 0.114. The average Bonchev–Trinajstić information content (AvgIpc) is 2.90. The number of aliphatic hydroxyl groups is 1. The first-order valence-electron chi connectivity index (χ1n) is 5.71. The summed E-state index contributed by atoms with van der Waals surface area (Å²) in [5.74, 6) is 0.971. The molecule has 6 heteroatoms. The summed E-state index contributed by atoms with van der Waals surface area (Å²) in [5.41, 5.74) is 0.883. The van der Waals surface area contributed by atoms with Gasteiger partial charge in [0.05, 0.1) is 5.25 Å². The predicted molar refractivity (Wildman–Crippen MR) is 64.5 cm³/mol. The zero-order valence-electron chi connectivity index (χ0n) is 9.87. The first-order chi connectivity index (χ1) is 8.52. The first kappa shape index (κ1) is 11.8. The molecular weight excluding hydrogens is 256 g/mol. The number of hydrogen-bond donors (Lipinski definition) is 1. The van der Waals surface area contributed by atoms with E-state index in [2.05, 4.69) is 0 Å². The second-order valence-corrected chi connectivity index (χ2v) is 6.98. The Balaban J connectivity index is 1.92. The summed E-state index contributed by atoms with van der Waals surface area (Å²) >= 11 is 0. The van der Waals surface area contributed by atoms with Crippen LogP contribution in [0.1, 0.15) is 11.5 Å². The van der Waals surface area contributed by atoms with E-state index in [1.807, 2.05) is 6.07 Å². The molecule has 5 nitrogen and oxygen atoms in total. The fraction of sp³-hybridized carbons (Fsp3) is 0.500. The highest BCUT2D eigenvalue weighted by Crippen LogP contribution is 2.53. The van der Waals surface area contributed by atoms with E-state index in [1.54, 1.807) is 12.1 Å². The highest BCUT2D eigenvalue weighted by Gasteiger charge is 2.56. The van der Waals surface area contributed by atoms with Crippen LogP contribution in [0, 0.1) is 5.92 Å². The van der Waals surface area contributed by atoms with Gasteiger partial charge in [-0.2, -0.15) is 0 Å². The van der Waals surface area contributed by atoms with Gasteiger partial charge in [-0.3, -0.25) is 0 Å². The summed E-state index contributed by atoms with van der Waals surface area (Å²) in [5, 5.41) is 8.76. The maximum Gasteiger partial charge on any atom is 0.231 e. The molecule has 3 rings (SSSR count). The van der Waals surface area contributed by atoms with E-state index in [0.717, 1.165) is 5.56 Å². The zero-order chi connectivity index (χ0) is 12.9. The van der Waals surface area contributed by atoms with E-state index in [4.69, 9.17) is 9.47 Å². The number of benzene rings is 1. The van der Waals surface area contributed by atoms with Crippen LogP contribution in [0.2, 0.25) is 0 Å². The van der Waals surface area contributed by atoms with Crippen molar-refractivity contribution in [3.8, 4) is 11.5 Å². The van der Waals surface area contributed by atoms with Gasteiger partial charge in [-0.15, -0.1) is 0 Å². The highest BCUT2D eigenvalue weighted by molar-refractivity contribution is 7.91. The van der Waals surface area contributed by atoms with Crippen LogP contribution >= 0.6 is 0 Å². The van der Waals surface area contributed by atoms with Gasteiger partial charge in [0, 0.05) is 24.7 Å². The normalized spacial score (nSPS) is 29.3. The molecule has 0 spiro atoms. The molecule has 1 aliphatic carbocycles. The molecule has 0 bridgehead atoms. The zero-order valence-corrected chi connectivity index (χ0v) is 10.7. The first-order valence-corrected chi connectivity index (χ1v) is 7.67. The van der Waals surface area contributed by atoms with Gasteiger partial charge in [-0.1, -0.05) is 6.07 Å². The van der Waals surface area contributed by atoms with E-state index in [-0.39, 0.29) is 25.2 Å². The van der Waals surface area contributed by atoms with Crippen molar-refractivity contribution < 1.29 is 23.0 Å². The average molecular weight is 270 g/mol. The standard InChI is InChI=1S/C12H14O5S/c1-18(14,15)12-8(5-13)11(12)7-2-3-9-10(4-7)17-6-16-9/h2-4,8,11-13H,5-6H2,1H3/t8-,11+,12-/m1/s1. The molecule has 2 aliphatic rings. The van der Waals surface area contributed by atoms with Gasteiger partial charge >= 0.3 is 0 Å². The molecule has 3 atom stereocenters. The summed E-state index contributed by atoms with van der Waals surface area (Å²) in [6.45, 7) is 0.0826. The molecule has 1 fully saturated rings. The lowest BCUT2D eigenvalue weighted by molar-refractivity contribution is 0.174. The Labute approximate surface area is 105 Å². The van der Waals surface area contributed by atoms with Crippen LogP contribution in [0.25, 0.3) is 0 Å². The molecule has 0 radical (unpaired) electrons. The van der Waals surface area contributed by atoms with Crippen molar-refractivity contribution in [2.75, 3.05) is 19.7 Å². The van der Waals surface area contributed by atoms with E-state index in [0.29, 0.717) is 11.5 Å². The fourth-order valence-electron chi connectivity index (χ4n) is 2.70. The minimum Gasteiger partial charge on any atom is -0.454 e. The lowest BCUT2D eigenvalue weighted by Gasteiger charge is -2.02. The smallest absolute Gasteiger partial charge is 0.231 e. The maximum absolute atomic E-state index is 11.6. The lowest BCUT2D eigenvalue weighted by atomic mass is 10.1. The van der Waals surface area contributed by atoms with Crippen molar-refractivity contribution in [3.05, 3.63) is 23.8 Å². The Morgan fingerprint density at radius 1 is 1.33 bits per heavy atom. The number of hydrogen-bond acceptors (Lipinski definition) is 5. The van der Waals surface area contributed by atoms with Crippen LogP contribution in [-0.2, 0) is 9.84 Å². The number of rotatable bonds is 3. The third kappa shape index (κ3) is 1.76. The Kier molecular flexibility index (Phi) is 2.53. The summed E-state index contributed by atoms with van der Waals surface area (Å²) in [4.78, 5) is 0. The van der Waals surface area contributed by atoms with Crippen molar-refractivity contribution in [2.24, 2.45) is 5.92 Å². The number of ether oxygens (including phenoxy) is 2. The van der Waals surface area contributed by atoms with Gasteiger partial charge in [0.1, 0.15) is 0 Å². The van der Waals surface area contributed by atoms with E-state index in [1.165, 1.54) is 6.26 Å². The van der Waals surface area contributed by atoms with Gasteiger partial charge in [0.15, 0.2) is 21.3 Å². The van der Waals surface area contributed by atoms with Gasteiger partial charge in [0.25, 0.3) is 0 Å². The maximum atomic E-state index is 11.6. The number of fused-ring (bicyclic) bond motifs is 1. The SMILES string of the molecule is CS(=O)(=O)[C@@H]1[C@H](CO)[C@@H]1c1ccc2c(c1)OCO2. The minimum atomic E-state index is -3.13. The molecule has 0 saturated heterocycles. The second kappa shape index (κ2) is 3.86. The molecule has 98 valence electrons. The Morgan fingerprint density at radius 2 is 2.06 bits per heavy atom. The number of aliphatic hydroxyl groups excluding tert-OH is 1. The molecule has 18 heavy (non-hydrogen) atoms. The largest absolute Gasteiger partial charge is 0.454 e. The molecule has 1 N–H and O–H groups in total. The van der Waals surface area contributed by atoms with Crippen molar-refractivity contribution in [2.45, 2.75) is 11.2 Å². The Hall–Kier alpha value is -1.27. The molecule has 1 saturated carbocycles. The van der Waals surface area contributed by atoms with Crippen molar-refractivity contribution in [1.82, 2.24) is 0 Å². The van der Waals surface area contributed by atoms with Gasteiger partial charge in [-0.25, -0.2) is 8.42 Å². The summed E-state index contributed by atoms with van der Waals surface area (Å²) in [7, 11) is -3.13. The molecule has 1 aromatic rings. The fourth-order valence-corrected chi connectivity index (χ4v) is 4.39. The lowest BCUT2D eigenvalue weighted by Crippen LogP contribution is -2.08. The quantitative estimate of drug-likeness (QED) is 0.867. The molecule has 0 unspecified atom stereocenters. The van der Waals surface area contributed by atoms with Gasteiger partial charge in [0.2, 0.25) is 6.79 Å². The predicted octanol–water partition coefficient (Wildman–Crippen LogP) is 0.534. The van der Waals surface area contributed by atoms with Crippen LogP contribution in [-0.4, -0.2) is 38.4 Å². The third-order valence-corrected chi connectivity index (χ3v) is 5.21. The van der Waals surface area contributed by atoms with E-state index in [9.17, 15) is 13.5 Å². The van der Waals surface area contributed by atoms with Gasteiger partial charge in [-0.05, 0) is 17.7 Å². The van der Waals surface area contributed by atoms with Crippen LogP contribution in [0.3, 0.4) is 0 Å². The molecule has 1 heterocycles. The molecule has 1 aliphatic heterocycles. The molecule has 0 aromatic heterocycles. The van der Waals surface area contributed by atoms with Crippen LogP contribution in [0.5, 0.6) is 11.5 Å². The molecular formula is C12H14O5S. The third-order valence-electron chi connectivity index (χ3n) is 3.58. The Bertz CT molecular complexity index is 580. The van der Waals surface area contributed by atoms with E-state index >= 15 is 0 Å². The monoisotopic (exact) mass is 270 g/mol. The van der Waals surface area contributed by atoms with Crippen LogP contribution < -0.4 is 9.47 Å². The van der Waals surface area contributed by atoms with Crippen molar-refractivity contribution >= 4 is 9.84 Å². The Morgan fingerprint density at radius 3 is 2.67 bits per heavy atom. The summed E-state index contributed by atoms with van der Waals surface area (Å²) < 4.78 is 33.7. The van der Waals surface area contributed by atoms with Crippen LogP contribution in [0.4, 0.5) is 0 Å². The summed E-state index contributed by atoms with van der Waals surface area (Å²) in [6, 6.07) is 5.43. The van der Waals surface area contributed by atoms with Crippen molar-refractivity contribution in [1.29, 1.82) is 0 Å². The molecule has 1 aromatic carbocycles. The highest BCUT2D eigenvalue weighted by atomic mass is 32.2. The molecule has 0 amide bonds. The van der Waals surface area contributed by atoms with Crippen LogP contribution in [0.15, 0.2) is 18.2 Å².